The molecule has 1 N–H and O–H groups in total. The third-order valence-corrected chi connectivity index (χ3v) is 2.53. The summed E-state index contributed by atoms with van der Waals surface area (Å²) in [5.41, 5.74) is 0. The topological polar surface area (TPSA) is 55.8 Å². The van der Waals surface area contributed by atoms with Crippen molar-refractivity contribution in [2.45, 2.75) is 26.3 Å². The molecule has 0 aromatic heterocycles. The highest BCUT2D eigenvalue weighted by Gasteiger charge is 2.19. The zero-order valence-corrected chi connectivity index (χ0v) is 9.00. The molecule has 0 saturated heterocycles. The highest BCUT2D eigenvalue weighted by molar-refractivity contribution is 7.57. The fourth-order valence-electron chi connectivity index (χ4n) is 0.601. The first kappa shape index (κ1) is 13.2. The van der Waals surface area contributed by atoms with Crippen molar-refractivity contribution >= 4 is 15.2 Å². The maximum atomic E-state index is 11.2. The molecular formula is C7H16BO4P. The van der Waals surface area contributed by atoms with E-state index in [0.717, 1.165) is 0 Å². The number of ether oxygens (including phenoxy) is 2. The van der Waals surface area contributed by atoms with E-state index in [-0.39, 0.29) is 12.7 Å². The maximum absolute atomic E-state index is 11.2. The summed E-state index contributed by atoms with van der Waals surface area (Å²) >= 11 is 0. The van der Waals surface area contributed by atoms with Crippen LogP contribution in [0, 0.1) is 0 Å². The van der Waals surface area contributed by atoms with Crippen LogP contribution in [0.5, 0.6) is 0 Å². The van der Waals surface area contributed by atoms with E-state index < -0.39 is 13.4 Å². The van der Waals surface area contributed by atoms with Crippen LogP contribution < -0.4 is 0 Å². The molecule has 4 nitrogen and oxygen atoms in total. The van der Waals surface area contributed by atoms with Gasteiger partial charge in [-0.25, -0.2) is 0 Å². The van der Waals surface area contributed by atoms with Crippen LogP contribution >= 0.6 is 7.37 Å². The van der Waals surface area contributed by atoms with E-state index >= 15 is 0 Å². The zero-order valence-electron chi connectivity index (χ0n) is 8.10. The molecule has 2 unspecified atom stereocenters. The van der Waals surface area contributed by atoms with Crippen LogP contribution in [-0.2, 0) is 14.0 Å². The summed E-state index contributed by atoms with van der Waals surface area (Å²) in [7, 11) is 2.11. The first-order chi connectivity index (χ1) is 6.02. The van der Waals surface area contributed by atoms with Gasteiger partial charge in [0, 0.05) is 12.6 Å². The minimum Gasteiger partial charge on any atom is -0.378 e. The molecule has 13 heavy (non-hydrogen) atoms. The van der Waals surface area contributed by atoms with E-state index in [1.165, 1.54) is 0 Å². The Balaban J connectivity index is 3.68. The Labute approximate surface area is 80.5 Å². The lowest BCUT2D eigenvalue weighted by atomic mass is 9.98. The molecular weight excluding hydrogens is 190 g/mol. The second-order valence-electron chi connectivity index (χ2n) is 2.71. The maximum Gasteiger partial charge on any atom is 0.250 e. The quantitative estimate of drug-likeness (QED) is 0.501. The van der Waals surface area contributed by atoms with Crippen molar-refractivity contribution in [3.63, 3.8) is 0 Å². The second-order valence-corrected chi connectivity index (χ2v) is 4.92. The molecule has 76 valence electrons. The van der Waals surface area contributed by atoms with Gasteiger partial charge >= 0.3 is 0 Å². The van der Waals surface area contributed by atoms with Gasteiger partial charge in [0.1, 0.15) is 20.5 Å². The van der Waals surface area contributed by atoms with Gasteiger partial charge < -0.3 is 14.4 Å². The van der Waals surface area contributed by atoms with Gasteiger partial charge in [0.15, 0.2) is 0 Å². The second kappa shape index (κ2) is 6.60. The fraction of sp³-hybridized carbons (Fsp3) is 1.00. The summed E-state index contributed by atoms with van der Waals surface area (Å²) < 4.78 is 21.0. The monoisotopic (exact) mass is 206 g/mol. The molecule has 0 fully saturated rings. The number of hydrogen-bond donors (Lipinski definition) is 1. The van der Waals surface area contributed by atoms with Crippen LogP contribution in [0.2, 0.25) is 0 Å². The summed E-state index contributed by atoms with van der Waals surface area (Å²) in [5.74, 6) is 0. The van der Waals surface area contributed by atoms with E-state index in [2.05, 4.69) is 0 Å². The van der Waals surface area contributed by atoms with Crippen molar-refractivity contribution in [2.24, 2.45) is 0 Å². The highest BCUT2D eigenvalue weighted by Crippen LogP contribution is 2.40. The zero-order chi connectivity index (χ0) is 10.3. The van der Waals surface area contributed by atoms with Crippen molar-refractivity contribution < 1.29 is 18.9 Å². The van der Waals surface area contributed by atoms with Crippen molar-refractivity contribution in [3.05, 3.63) is 0 Å². The van der Waals surface area contributed by atoms with Crippen molar-refractivity contribution in [1.29, 1.82) is 0 Å². The molecule has 2 atom stereocenters. The lowest BCUT2D eigenvalue weighted by Crippen LogP contribution is -2.13. The number of hydrogen-bond acceptors (Lipinski definition) is 3. The molecule has 0 aliphatic rings. The third kappa shape index (κ3) is 7.26. The highest BCUT2D eigenvalue weighted by atomic mass is 31.2. The van der Waals surface area contributed by atoms with Gasteiger partial charge in [-0.15, -0.1) is 0 Å². The molecule has 0 saturated carbocycles. The Kier molecular flexibility index (Phi) is 6.69. The SMILES string of the molecule is [B]C(CC)OCP(=O)(O)COCC. The molecule has 0 aliphatic carbocycles. The predicted molar refractivity (Wildman–Crippen MR) is 52.1 cm³/mol. The summed E-state index contributed by atoms with van der Waals surface area (Å²) in [5, 5.41) is 0. The molecule has 0 bridgehead atoms. The molecule has 0 aliphatic heterocycles. The lowest BCUT2D eigenvalue weighted by Gasteiger charge is -2.15. The van der Waals surface area contributed by atoms with E-state index in [4.69, 9.17) is 17.3 Å². The van der Waals surface area contributed by atoms with Gasteiger partial charge in [0.05, 0.1) is 0 Å². The smallest absolute Gasteiger partial charge is 0.250 e. The lowest BCUT2D eigenvalue weighted by molar-refractivity contribution is 0.126. The van der Waals surface area contributed by atoms with Crippen molar-refractivity contribution in [1.82, 2.24) is 0 Å². The molecule has 6 heteroatoms. The Morgan fingerprint density at radius 2 is 2.08 bits per heavy atom. The number of rotatable bonds is 7. The Bertz CT molecular complexity index is 176. The molecule has 0 aromatic rings. The van der Waals surface area contributed by atoms with E-state index in [0.29, 0.717) is 13.0 Å². The van der Waals surface area contributed by atoms with Crippen molar-refractivity contribution in [2.75, 3.05) is 19.3 Å². The van der Waals surface area contributed by atoms with Gasteiger partial charge in [0.2, 0.25) is 7.37 Å². The van der Waals surface area contributed by atoms with E-state index in [1.807, 2.05) is 6.92 Å². The van der Waals surface area contributed by atoms with Gasteiger partial charge in [-0.3, -0.25) is 4.57 Å². The van der Waals surface area contributed by atoms with Crippen LogP contribution in [0.1, 0.15) is 20.3 Å². The third-order valence-electron chi connectivity index (χ3n) is 1.39. The first-order valence-corrected chi connectivity index (χ1v) is 6.30. The Morgan fingerprint density at radius 3 is 2.54 bits per heavy atom. The largest absolute Gasteiger partial charge is 0.378 e. The van der Waals surface area contributed by atoms with Crippen LogP contribution in [0.25, 0.3) is 0 Å². The average molecular weight is 206 g/mol. The summed E-state index contributed by atoms with van der Waals surface area (Å²) in [6.07, 6.45) is 0.219. The minimum atomic E-state index is -3.30. The van der Waals surface area contributed by atoms with Gasteiger partial charge in [-0.1, -0.05) is 6.92 Å². The van der Waals surface area contributed by atoms with Crippen LogP contribution in [0.4, 0.5) is 0 Å². The predicted octanol–water partition coefficient (Wildman–Crippen LogP) is 1.13. The van der Waals surface area contributed by atoms with Crippen LogP contribution in [-0.4, -0.2) is 38.0 Å². The summed E-state index contributed by atoms with van der Waals surface area (Å²) in [4.78, 5) is 9.24. The first-order valence-electron chi connectivity index (χ1n) is 4.27. The van der Waals surface area contributed by atoms with Gasteiger partial charge in [-0.05, 0) is 13.3 Å². The summed E-state index contributed by atoms with van der Waals surface area (Å²) in [6.45, 7) is 4.03. The molecule has 0 spiro atoms. The molecule has 0 aromatic carbocycles. The molecule has 0 rings (SSSR count). The van der Waals surface area contributed by atoms with Gasteiger partial charge in [0.25, 0.3) is 0 Å². The van der Waals surface area contributed by atoms with Crippen LogP contribution in [0.15, 0.2) is 0 Å². The average Bonchev–Trinajstić information content (AvgIpc) is 2.11. The standard InChI is InChI=1S/C7H16BO4P/c1-3-7(8)12-6-13(9,10)5-11-4-2/h7H,3-6H2,1-2H3,(H,9,10). The fourth-order valence-corrected chi connectivity index (χ4v) is 1.57. The minimum absolute atomic E-state index is 0.167. The summed E-state index contributed by atoms with van der Waals surface area (Å²) in [6, 6.07) is -0.470. The van der Waals surface area contributed by atoms with Crippen LogP contribution in [0.3, 0.4) is 0 Å². The van der Waals surface area contributed by atoms with Crippen molar-refractivity contribution in [3.8, 4) is 0 Å². The molecule has 2 radical (unpaired) electrons. The normalized spacial score (nSPS) is 18.1. The Morgan fingerprint density at radius 1 is 1.46 bits per heavy atom. The molecule has 0 heterocycles. The van der Waals surface area contributed by atoms with E-state index in [9.17, 15) is 9.46 Å². The molecule has 0 amide bonds. The van der Waals surface area contributed by atoms with Gasteiger partial charge in [-0.2, -0.15) is 0 Å². The van der Waals surface area contributed by atoms with E-state index in [1.54, 1.807) is 6.92 Å². The Hall–Kier alpha value is 0.175.